The zero-order valence-corrected chi connectivity index (χ0v) is 21.2. The van der Waals surface area contributed by atoms with Crippen LogP contribution in [0.5, 0.6) is 0 Å². The van der Waals surface area contributed by atoms with E-state index in [1.165, 1.54) is 40.2 Å². The summed E-state index contributed by atoms with van der Waals surface area (Å²) < 4.78 is 0. The maximum Gasteiger partial charge on any atom is 0.238 e. The molecule has 3 aliphatic carbocycles. The van der Waals surface area contributed by atoms with E-state index in [1.807, 2.05) is 0 Å². The molecule has 172 valence electrons. The number of aryl methyl sites for hydroxylation is 1. The molecule has 5 rings (SSSR count). The minimum absolute atomic E-state index is 0.295. The van der Waals surface area contributed by atoms with Crippen molar-refractivity contribution in [2.75, 3.05) is 0 Å². The van der Waals surface area contributed by atoms with E-state index < -0.39 is 0 Å². The molecule has 0 radical (unpaired) electrons. The van der Waals surface area contributed by atoms with Gasteiger partial charge in [-0.15, -0.1) is 0 Å². The predicted octanol–water partition coefficient (Wildman–Crippen LogP) is 8.26. The Labute approximate surface area is 206 Å². The topological polar surface area (TPSA) is 0 Å². The summed E-state index contributed by atoms with van der Waals surface area (Å²) in [5.74, 6) is 1.60. The van der Waals surface area contributed by atoms with E-state index >= 15 is 0 Å². The number of fused-ring (bicyclic) bond motifs is 2. The zero-order valence-electron chi connectivity index (χ0n) is 21.2. The van der Waals surface area contributed by atoms with Crippen molar-refractivity contribution in [1.29, 1.82) is 0 Å². The van der Waals surface area contributed by atoms with Gasteiger partial charge in [0.1, 0.15) is 0 Å². The van der Waals surface area contributed by atoms with Crippen LogP contribution in [-0.4, -0.2) is 6.71 Å². The normalized spacial score (nSPS) is 24.4. The lowest BCUT2D eigenvalue weighted by Crippen LogP contribution is -2.43. The Bertz CT molecular complexity index is 1260. The van der Waals surface area contributed by atoms with Gasteiger partial charge in [0.25, 0.3) is 0 Å². The lowest BCUT2D eigenvalue weighted by molar-refractivity contribution is 0.482. The third kappa shape index (κ3) is 4.11. The second-order valence-electron chi connectivity index (χ2n) is 10.4. The van der Waals surface area contributed by atoms with Gasteiger partial charge >= 0.3 is 0 Å². The lowest BCUT2D eigenvalue weighted by atomic mass is 9.29. The fourth-order valence-electron chi connectivity index (χ4n) is 6.52. The summed E-state index contributed by atoms with van der Waals surface area (Å²) in [7, 11) is 0. The van der Waals surface area contributed by atoms with Gasteiger partial charge in [0, 0.05) is 5.92 Å². The highest BCUT2D eigenvalue weighted by atomic mass is 14.3. The summed E-state index contributed by atoms with van der Waals surface area (Å²) >= 11 is 0. The summed E-state index contributed by atoms with van der Waals surface area (Å²) in [6, 6.07) is 13.6. The molecular formula is C33H37B. The van der Waals surface area contributed by atoms with Gasteiger partial charge in [-0.25, -0.2) is 0 Å². The average Bonchev–Trinajstić information content (AvgIpc) is 2.86. The van der Waals surface area contributed by atoms with Gasteiger partial charge < -0.3 is 0 Å². The average molecular weight is 444 g/mol. The minimum Gasteiger partial charge on any atom is -0.0926 e. The van der Waals surface area contributed by atoms with Crippen molar-refractivity contribution < 1.29 is 0 Å². The predicted molar refractivity (Wildman–Crippen MR) is 151 cm³/mol. The molecule has 0 saturated carbocycles. The van der Waals surface area contributed by atoms with E-state index in [1.54, 1.807) is 16.5 Å². The molecule has 0 amide bonds. The maximum absolute atomic E-state index is 2.59. The molecule has 34 heavy (non-hydrogen) atoms. The van der Waals surface area contributed by atoms with E-state index in [2.05, 4.69) is 113 Å². The van der Waals surface area contributed by atoms with Crippen LogP contribution in [0.25, 0.3) is 10.8 Å². The second kappa shape index (κ2) is 9.83. The molecule has 0 heterocycles. The Morgan fingerprint density at radius 2 is 1.79 bits per heavy atom. The van der Waals surface area contributed by atoms with Crippen molar-refractivity contribution in [2.24, 2.45) is 17.8 Å². The second-order valence-corrected chi connectivity index (χ2v) is 10.4. The molecule has 0 aliphatic heterocycles. The highest BCUT2D eigenvalue weighted by Gasteiger charge is 2.39. The van der Waals surface area contributed by atoms with Gasteiger partial charge in [0.15, 0.2) is 0 Å². The third-order valence-corrected chi connectivity index (χ3v) is 8.30. The molecule has 1 heteroatoms. The van der Waals surface area contributed by atoms with Crippen molar-refractivity contribution in [3.8, 4) is 0 Å². The molecule has 0 saturated heterocycles. The number of rotatable bonds is 5. The molecule has 3 atom stereocenters. The molecular weight excluding hydrogens is 407 g/mol. The van der Waals surface area contributed by atoms with Crippen LogP contribution in [0.4, 0.5) is 0 Å². The monoisotopic (exact) mass is 444 g/mol. The van der Waals surface area contributed by atoms with Crippen LogP contribution < -0.4 is 5.46 Å². The quantitative estimate of drug-likeness (QED) is 0.322. The number of hydrogen-bond donors (Lipinski definition) is 0. The molecule has 3 aliphatic rings. The van der Waals surface area contributed by atoms with Crippen LogP contribution in [0.3, 0.4) is 0 Å². The van der Waals surface area contributed by atoms with E-state index in [4.69, 9.17) is 0 Å². The van der Waals surface area contributed by atoms with Gasteiger partial charge in [-0.2, -0.15) is 0 Å². The number of allylic oxidation sites excluding steroid dienone is 12. The smallest absolute Gasteiger partial charge is 0.0926 e. The standard InChI is InChI=1S/C33H37B/c1-5-6-12-26-21-19-23(2)32(25(26)4)34(31-18-11-15-27-13-7-9-16-29(27)31)33-24(3)20-22-28-14-8-10-17-30(28)33/h6-10,12-14,16-20,22,26-27,29H,5,11,15,21H2,1-4H3/b12-6-. The van der Waals surface area contributed by atoms with Crippen LogP contribution in [0.2, 0.25) is 0 Å². The maximum atomic E-state index is 2.59. The van der Waals surface area contributed by atoms with Gasteiger partial charge in [-0.3, -0.25) is 0 Å². The van der Waals surface area contributed by atoms with Crippen molar-refractivity contribution >= 4 is 22.9 Å². The fourth-order valence-corrected chi connectivity index (χ4v) is 6.52. The highest BCUT2D eigenvalue weighted by Crippen LogP contribution is 2.42. The molecule has 0 nitrogen and oxygen atoms in total. The summed E-state index contributed by atoms with van der Waals surface area (Å²) in [6.45, 7) is 9.60. The summed E-state index contributed by atoms with van der Waals surface area (Å²) in [5, 5.41) is 2.75. The Hall–Kier alpha value is -2.80. The summed E-state index contributed by atoms with van der Waals surface area (Å²) in [5.41, 5.74) is 9.11. The minimum atomic E-state index is 0.295. The third-order valence-electron chi connectivity index (χ3n) is 8.30. The van der Waals surface area contributed by atoms with Crippen molar-refractivity contribution in [2.45, 2.75) is 53.4 Å². The zero-order chi connectivity index (χ0) is 23.7. The Morgan fingerprint density at radius 3 is 2.65 bits per heavy atom. The van der Waals surface area contributed by atoms with E-state index in [0.29, 0.717) is 24.5 Å². The SMILES string of the molecule is CC/C=C\C1CC=C(C)C(B(C2=CCCC3C=CC=CC23)c2c(C)ccc3ccccc23)=C1C. The van der Waals surface area contributed by atoms with Gasteiger partial charge in [-0.05, 0) is 69.1 Å². The van der Waals surface area contributed by atoms with Crippen LogP contribution in [0.15, 0.2) is 107 Å². The summed E-state index contributed by atoms with van der Waals surface area (Å²) in [6.07, 6.45) is 24.0. The van der Waals surface area contributed by atoms with Gasteiger partial charge in [0.05, 0.1) is 0 Å². The first kappa shape index (κ1) is 23.0. The van der Waals surface area contributed by atoms with Crippen molar-refractivity contribution in [3.05, 3.63) is 113 Å². The molecule has 2 aromatic carbocycles. The van der Waals surface area contributed by atoms with Crippen LogP contribution in [0, 0.1) is 24.7 Å². The van der Waals surface area contributed by atoms with Gasteiger partial charge in [-0.1, -0.05) is 125 Å². The molecule has 0 fully saturated rings. The van der Waals surface area contributed by atoms with Gasteiger partial charge in [0.2, 0.25) is 6.71 Å². The number of hydrogen-bond acceptors (Lipinski definition) is 0. The van der Waals surface area contributed by atoms with Crippen molar-refractivity contribution in [3.63, 3.8) is 0 Å². The van der Waals surface area contributed by atoms with E-state index in [-0.39, 0.29) is 0 Å². The summed E-state index contributed by atoms with van der Waals surface area (Å²) in [4.78, 5) is 0. The molecule has 0 spiro atoms. The van der Waals surface area contributed by atoms with Crippen LogP contribution in [0.1, 0.15) is 52.0 Å². The molecule has 0 bridgehead atoms. The van der Waals surface area contributed by atoms with Crippen LogP contribution in [-0.2, 0) is 0 Å². The first-order valence-electron chi connectivity index (χ1n) is 13.2. The molecule has 0 aromatic heterocycles. The van der Waals surface area contributed by atoms with E-state index in [0.717, 1.165) is 12.8 Å². The number of benzene rings is 2. The first-order chi connectivity index (χ1) is 16.6. The van der Waals surface area contributed by atoms with E-state index in [9.17, 15) is 0 Å². The molecule has 2 aromatic rings. The van der Waals surface area contributed by atoms with Crippen molar-refractivity contribution in [1.82, 2.24) is 0 Å². The Balaban J connectivity index is 1.78. The van der Waals surface area contributed by atoms with Crippen LogP contribution >= 0.6 is 0 Å². The molecule has 0 N–H and O–H groups in total. The lowest BCUT2D eigenvalue weighted by Gasteiger charge is -2.38. The Morgan fingerprint density at radius 1 is 0.971 bits per heavy atom. The largest absolute Gasteiger partial charge is 0.238 e. The molecule has 3 unspecified atom stereocenters. The first-order valence-corrected chi connectivity index (χ1v) is 13.2. The fraction of sp³-hybridized carbons (Fsp3) is 0.333. The highest BCUT2D eigenvalue weighted by molar-refractivity contribution is 6.89. The Kier molecular flexibility index (Phi) is 6.64.